The molecule has 9 rings (SSSR count). The number of carbonyl (C=O) groups is 3. The van der Waals surface area contributed by atoms with Gasteiger partial charge in [-0.15, -0.1) is 0 Å². The number of carbonyl (C=O) groups excluding carboxylic acids is 3. The van der Waals surface area contributed by atoms with Crippen molar-refractivity contribution >= 4 is 45.3 Å². The predicted octanol–water partition coefficient (Wildman–Crippen LogP) is 5.32. The number of aryl methyl sites for hydroxylation is 1. The largest absolute Gasteiger partial charge is 0.495 e. The summed E-state index contributed by atoms with van der Waals surface area (Å²) in [5, 5.41) is 8.34. The number of methoxy groups -OCH3 is 1. The van der Waals surface area contributed by atoms with Gasteiger partial charge in [-0.25, -0.2) is 9.97 Å². The van der Waals surface area contributed by atoms with E-state index < -0.39 is 5.91 Å². The van der Waals surface area contributed by atoms with Gasteiger partial charge < -0.3 is 24.9 Å². The predicted molar refractivity (Wildman–Crippen MR) is 210 cm³/mol. The van der Waals surface area contributed by atoms with Crippen LogP contribution in [0.4, 0.5) is 5.69 Å². The first-order valence-corrected chi connectivity index (χ1v) is 19.2. The fourth-order valence-electron chi connectivity index (χ4n) is 8.83. The van der Waals surface area contributed by atoms with Crippen LogP contribution >= 0.6 is 0 Å². The highest BCUT2D eigenvalue weighted by Crippen LogP contribution is 2.43. The molecule has 14 heteroatoms. The van der Waals surface area contributed by atoms with Crippen molar-refractivity contribution in [2.45, 2.75) is 63.3 Å². The summed E-state index contributed by atoms with van der Waals surface area (Å²) in [6.07, 6.45) is 4.81. The highest BCUT2D eigenvalue weighted by atomic mass is 16.5. The van der Waals surface area contributed by atoms with Crippen molar-refractivity contribution in [2.24, 2.45) is 5.73 Å². The van der Waals surface area contributed by atoms with Gasteiger partial charge >= 0.3 is 11.8 Å². The molecule has 0 unspecified atom stereocenters. The minimum atomic E-state index is -0.755. The van der Waals surface area contributed by atoms with E-state index in [0.717, 1.165) is 100 Å². The zero-order valence-corrected chi connectivity index (χ0v) is 31.5. The lowest BCUT2D eigenvalue weighted by atomic mass is 9.74. The molecule has 56 heavy (non-hydrogen) atoms. The Kier molecular flexibility index (Phi) is 8.99. The molecule has 3 aliphatic rings. The van der Waals surface area contributed by atoms with E-state index in [-0.39, 0.29) is 29.5 Å². The molecule has 2 saturated heterocycles. The Morgan fingerprint density at radius 2 is 1.77 bits per heavy atom. The lowest BCUT2D eigenvalue weighted by Crippen LogP contribution is -2.53. The number of rotatable bonds is 9. The number of nitrogens with zero attached hydrogens (tertiary/aromatic N) is 6. The molecule has 14 nitrogen and oxygen atoms in total. The lowest BCUT2D eigenvalue weighted by molar-refractivity contribution is -0.134. The van der Waals surface area contributed by atoms with Crippen molar-refractivity contribution in [3.8, 4) is 17.0 Å². The first-order valence-electron chi connectivity index (χ1n) is 19.2. The number of hydrogen-bond donors (Lipinski definition) is 3. The number of fused-ring (bicyclic) bond motifs is 3. The third kappa shape index (κ3) is 6.33. The number of nitrogens with one attached hydrogen (secondary N) is 2. The van der Waals surface area contributed by atoms with Crippen LogP contribution in [0.1, 0.15) is 89.1 Å². The van der Waals surface area contributed by atoms with Gasteiger partial charge in [0.15, 0.2) is 5.82 Å². The number of nitrogens with two attached hydrogens (primary N) is 1. The van der Waals surface area contributed by atoms with Crippen molar-refractivity contribution in [1.29, 1.82) is 0 Å². The van der Waals surface area contributed by atoms with Crippen LogP contribution in [0.3, 0.4) is 0 Å². The Bertz CT molecular complexity index is 2500. The van der Waals surface area contributed by atoms with Crippen LogP contribution in [0.15, 0.2) is 65.4 Å². The van der Waals surface area contributed by atoms with Gasteiger partial charge in [-0.1, -0.05) is 48.5 Å². The number of piperazine rings is 1. The molecule has 2 atom stereocenters. The Hall–Kier alpha value is -6.15. The molecule has 0 spiro atoms. The van der Waals surface area contributed by atoms with Crippen LogP contribution in [-0.2, 0) is 9.59 Å². The fourth-order valence-corrected chi connectivity index (χ4v) is 8.83. The second-order valence-corrected chi connectivity index (χ2v) is 15.3. The molecule has 286 valence electrons. The molecule has 0 bridgehead atoms. The van der Waals surface area contributed by atoms with Crippen LogP contribution < -0.4 is 20.7 Å². The van der Waals surface area contributed by atoms with Crippen LogP contribution in [-0.4, -0.2) is 87.0 Å². The Morgan fingerprint density at radius 3 is 2.46 bits per heavy atom. The molecule has 2 aliphatic heterocycles. The molecule has 3 aromatic carbocycles. The molecule has 3 amide bonds. The normalized spacial score (nSPS) is 20.9. The summed E-state index contributed by atoms with van der Waals surface area (Å²) in [7, 11) is 1.72. The number of aromatic amines is 1. The standard InChI is InChI=1S/C42H43N9O5/c1-22-16-26(8-9-29(22)23(2)39-48-42(38(43)53)56-49-39)37-36-31-19-34(55-3)33(20-32(31)46-40(36)45-21-44-37)51-14-12-50(13-15-51)28-17-27(18-28)24-4-6-25(7-5-24)30-10-11-35(52)47-41(30)54/h4-9,16,19-21,23,27-28,30H,10-15,17-18H2,1-3H3,(H2,43,53)(H,44,45,46)(H,47,52,54)/t23-,27?,28?,30+/m1/s1. The maximum Gasteiger partial charge on any atom is 0.315 e. The third-order valence-electron chi connectivity index (χ3n) is 12.1. The SMILES string of the molecule is COc1cc2c(cc1N1CCN(C3CC(c4ccc([C@@H]5CCC(=O)NC5=O)cc4)C3)CC1)[nH]c1ncnc(-c3ccc([C@@H](C)c4noc(C(N)=O)n4)c(C)c3)c12. The molecule has 6 aromatic rings. The molecule has 1 aliphatic carbocycles. The average Bonchev–Trinajstić information content (AvgIpc) is 3.83. The molecular formula is C42H43N9O5. The highest BCUT2D eigenvalue weighted by Gasteiger charge is 2.37. The molecule has 0 radical (unpaired) electrons. The summed E-state index contributed by atoms with van der Waals surface area (Å²) < 4.78 is 11.0. The number of ether oxygens (including phenoxy) is 1. The number of aromatic nitrogens is 5. The molecule has 4 N–H and O–H groups in total. The summed E-state index contributed by atoms with van der Waals surface area (Å²) in [4.78, 5) is 57.5. The van der Waals surface area contributed by atoms with Gasteiger partial charge in [0.25, 0.3) is 0 Å². The summed E-state index contributed by atoms with van der Waals surface area (Å²) in [5.41, 5.74) is 14.2. The number of benzene rings is 3. The van der Waals surface area contributed by atoms with E-state index in [0.29, 0.717) is 30.6 Å². The van der Waals surface area contributed by atoms with E-state index in [2.05, 4.69) is 77.7 Å². The zero-order chi connectivity index (χ0) is 38.7. The van der Waals surface area contributed by atoms with Crippen molar-refractivity contribution in [2.75, 3.05) is 38.2 Å². The van der Waals surface area contributed by atoms with Gasteiger partial charge in [-0.05, 0) is 72.6 Å². The summed E-state index contributed by atoms with van der Waals surface area (Å²) in [6, 6.07) is 19.5. The van der Waals surface area contributed by atoms with E-state index in [1.165, 1.54) is 5.56 Å². The maximum atomic E-state index is 12.3. The van der Waals surface area contributed by atoms with Gasteiger partial charge in [0.1, 0.15) is 17.7 Å². The van der Waals surface area contributed by atoms with Gasteiger partial charge in [0, 0.05) is 55.5 Å². The summed E-state index contributed by atoms with van der Waals surface area (Å²) >= 11 is 0. The van der Waals surface area contributed by atoms with Crippen LogP contribution in [0.5, 0.6) is 5.75 Å². The maximum absolute atomic E-state index is 12.3. The van der Waals surface area contributed by atoms with Crippen LogP contribution in [0.2, 0.25) is 0 Å². The van der Waals surface area contributed by atoms with Gasteiger partial charge in [0.2, 0.25) is 11.8 Å². The van der Waals surface area contributed by atoms with Gasteiger partial charge in [-0.2, -0.15) is 4.98 Å². The molecule has 5 heterocycles. The molecule has 1 saturated carbocycles. The number of hydrogen-bond acceptors (Lipinski definition) is 11. The third-order valence-corrected chi connectivity index (χ3v) is 12.1. The Balaban J connectivity index is 0.883. The first kappa shape index (κ1) is 35.5. The van der Waals surface area contributed by atoms with Crippen molar-refractivity contribution in [1.82, 2.24) is 35.3 Å². The van der Waals surface area contributed by atoms with E-state index in [1.807, 2.05) is 26.0 Å². The minimum Gasteiger partial charge on any atom is -0.495 e. The monoisotopic (exact) mass is 753 g/mol. The number of amides is 3. The quantitative estimate of drug-likeness (QED) is 0.162. The smallest absolute Gasteiger partial charge is 0.315 e. The van der Waals surface area contributed by atoms with E-state index in [9.17, 15) is 14.4 Å². The van der Waals surface area contributed by atoms with E-state index in [4.69, 9.17) is 20.0 Å². The second-order valence-electron chi connectivity index (χ2n) is 15.3. The van der Waals surface area contributed by atoms with Crippen molar-refractivity contribution in [3.63, 3.8) is 0 Å². The van der Waals surface area contributed by atoms with Crippen LogP contribution in [0, 0.1) is 6.92 Å². The molecule has 3 fully saturated rings. The Labute approximate surface area is 322 Å². The number of H-pyrrole nitrogens is 1. The average molecular weight is 754 g/mol. The minimum absolute atomic E-state index is 0.183. The lowest BCUT2D eigenvalue weighted by Gasteiger charge is -2.47. The summed E-state index contributed by atoms with van der Waals surface area (Å²) in [5.74, 6) is -0.0733. The topological polar surface area (TPSA) is 185 Å². The van der Waals surface area contributed by atoms with E-state index >= 15 is 0 Å². The number of imide groups is 1. The number of piperidine rings is 1. The number of primary amides is 1. The second kappa shape index (κ2) is 14.2. The fraction of sp³-hybridized carbons (Fsp3) is 0.357. The first-order chi connectivity index (χ1) is 27.1. The highest BCUT2D eigenvalue weighted by molar-refractivity contribution is 6.13. The van der Waals surface area contributed by atoms with Crippen molar-refractivity contribution in [3.05, 3.63) is 94.9 Å². The summed E-state index contributed by atoms with van der Waals surface area (Å²) in [6.45, 7) is 7.73. The molecular weight excluding hydrogens is 711 g/mol. The number of anilines is 1. The van der Waals surface area contributed by atoms with Crippen LogP contribution in [0.25, 0.3) is 33.2 Å². The Morgan fingerprint density at radius 1 is 1.00 bits per heavy atom. The molecule has 3 aromatic heterocycles. The van der Waals surface area contributed by atoms with Crippen molar-refractivity contribution < 1.29 is 23.6 Å². The zero-order valence-electron chi connectivity index (χ0n) is 31.5. The van der Waals surface area contributed by atoms with Gasteiger partial charge in [-0.3, -0.25) is 24.6 Å². The van der Waals surface area contributed by atoms with Gasteiger partial charge in [0.05, 0.1) is 35.3 Å². The van der Waals surface area contributed by atoms with E-state index in [1.54, 1.807) is 13.4 Å².